The van der Waals surface area contributed by atoms with Gasteiger partial charge in [0.2, 0.25) is 0 Å². The van der Waals surface area contributed by atoms with Crippen molar-refractivity contribution in [3.05, 3.63) is 59.7 Å². The fourth-order valence-corrected chi connectivity index (χ4v) is 3.71. The number of hydrogen-bond acceptors (Lipinski definition) is 3. The van der Waals surface area contributed by atoms with Crippen LogP contribution >= 0.6 is 0 Å². The molecule has 3 nitrogen and oxygen atoms in total. The predicted molar refractivity (Wildman–Crippen MR) is 102 cm³/mol. The molecule has 0 radical (unpaired) electrons. The molecule has 1 aliphatic rings. The summed E-state index contributed by atoms with van der Waals surface area (Å²) in [6.45, 7) is 5.67. The van der Waals surface area contributed by atoms with Crippen LogP contribution in [0.3, 0.4) is 0 Å². The molecule has 1 heterocycles. The lowest BCUT2D eigenvalue weighted by molar-refractivity contribution is 0.331. The first kappa shape index (κ1) is 17.2. The molecule has 0 aliphatic carbocycles. The van der Waals surface area contributed by atoms with Crippen molar-refractivity contribution in [3.63, 3.8) is 0 Å². The molecule has 2 unspecified atom stereocenters. The zero-order chi connectivity index (χ0) is 16.9. The molecule has 0 bridgehead atoms. The Morgan fingerprint density at radius 1 is 1.04 bits per heavy atom. The zero-order valence-electron chi connectivity index (χ0n) is 14.5. The monoisotopic (exact) mass is 342 g/mol. The van der Waals surface area contributed by atoms with E-state index in [9.17, 15) is 4.21 Å². The summed E-state index contributed by atoms with van der Waals surface area (Å²) in [5.74, 6) is 0. The summed E-state index contributed by atoms with van der Waals surface area (Å²) in [6.07, 6.45) is 4.38. The molecule has 3 rings (SSSR count). The highest BCUT2D eigenvalue weighted by Gasteiger charge is 2.12. The molecule has 128 valence electrons. The quantitative estimate of drug-likeness (QED) is 0.854. The lowest BCUT2D eigenvalue weighted by atomic mass is 10.1. The smallest absolute Gasteiger partial charge is 0.0498 e. The van der Waals surface area contributed by atoms with Crippen LogP contribution in [0.2, 0.25) is 0 Å². The van der Waals surface area contributed by atoms with Crippen LogP contribution in [0.25, 0.3) is 0 Å². The number of hydrogen-bond donors (Lipinski definition) is 1. The van der Waals surface area contributed by atoms with Crippen LogP contribution in [0.5, 0.6) is 0 Å². The first-order valence-corrected chi connectivity index (χ1v) is 10.2. The maximum Gasteiger partial charge on any atom is 0.0498 e. The van der Waals surface area contributed by atoms with E-state index >= 15 is 0 Å². The van der Waals surface area contributed by atoms with Gasteiger partial charge in [0, 0.05) is 40.2 Å². The molecule has 0 amide bonds. The fourth-order valence-electron chi connectivity index (χ4n) is 3.19. The standard InChI is InChI=1S/C20H26N2OS/c1-16(18-7-11-20(12-8-18)24(2)23)21-19-9-5-17(6-10-19)15-22-13-3-4-14-22/h5-12,16,21H,3-4,13-15H2,1-2H3. The Morgan fingerprint density at radius 2 is 1.67 bits per heavy atom. The van der Waals surface area contributed by atoms with E-state index in [1.165, 1.54) is 37.1 Å². The molecule has 0 aromatic heterocycles. The summed E-state index contributed by atoms with van der Waals surface area (Å²) in [5.41, 5.74) is 3.71. The summed E-state index contributed by atoms with van der Waals surface area (Å²) in [6, 6.07) is 17.0. The van der Waals surface area contributed by atoms with E-state index in [0.29, 0.717) is 0 Å². The van der Waals surface area contributed by atoms with E-state index in [1.807, 2.05) is 12.1 Å². The molecule has 0 spiro atoms. The molecule has 2 aromatic rings. The molecule has 1 fully saturated rings. The molecule has 0 saturated carbocycles. The van der Waals surface area contributed by atoms with Crippen LogP contribution in [0.4, 0.5) is 5.69 Å². The van der Waals surface area contributed by atoms with Gasteiger partial charge < -0.3 is 5.32 Å². The van der Waals surface area contributed by atoms with Gasteiger partial charge in [0.1, 0.15) is 0 Å². The second-order valence-corrected chi connectivity index (χ2v) is 7.95. The minimum absolute atomic E-state index is 0.216. The maximum atomic E-state index is 11.5. The highest BCUT2D eigenvalue weighted by Crippen LogP contribution is 2.21. The average Bonchev–Trinajstić information content (AvgIpc) is 3.09. The average molecular weight is 343 g/mol. The fraction of sp³-hybridized carbons (Fsp3) is 0.400. The van der Waals surface area contributed by atoms with E-state index in [-0.39, 0.29) is 6.04 Å². The van der Waals surface area contributed by atoms with Gasteiger partial charge in [-0.1, -0.05) is 24.3 Å². The molecular weight excluding hydrogens is 316 g/mol. The van der Waals surface area contributed by atoms with Gasteiger partial charge in [0.25, 0.3) is 0 Å². The first-order valence-electron chi connectivity index (χ1n) is 8.63. The lowest BCUT2D eigenvalue weighted by Crippen LogP contribution is -2.18. The van der Waals surface area contributed by atoms with Crippen molar-refractivity contribution in [2.75, 3.05) is 24.7 Å². The second kappa shape index (κ2) is 7.95. The Labute approximate surface area is 147 Å². The van der Waals surface area contributed by atoms with Crippen LogP contribution in [0.15, 0.2) is 53.4 Å². The third-order valence-electron chi connectivity index (χ3n) is 4.65. The van der Waals surface area contributed by atoms with Crippen molar-refractivity contribution in [1.29, 1.82) is 0 Å². The zero-order valence-corrected chi connectivity index (χ0v) is 15.3. The van der Waals surface area contributed by atoms with Crippen LogP contribution in [0.1, 0.15) is 36.9 Å². The number of nitrogens with one attached hydrogen (secondary N) is 1. The van der Waals surface area contributed by atoms with Gasteiger partial charge in [-0.25, -0.2) is 0 Å². The van der Waals surface area contributed by atoms with Crippen molar-refractivity contribution >= 4 is 16.5 Å². The first-order chi connectivity index (χ1) is 11.6. The Hall–Kier alpha value is -1.65. The number of nitrogens with zero attached hydrogens (tertiary/aromatic N) is 1. The largest absolute Gasteiger partial charge is 0.379 e. The number of anilines is 1. The molecule has 1 saturated heterocycles. The lowest BCUT2D eigenvalue weighted by Gasteiger charge is -2.18. The van der Waals surface area contributed by atoms with Gasteiger partial charge in [-0.15, -0.1) is 0 Å². The summed E-state index contributed by atoms with van der Waals surface area (Å²) in [7, 11) is -0.918. The van der Waals surface area contributed by atoms with Gasteiger partial charge in [-0.3, -0.25) is 9.11 Å². The van der Waals surface area contributed by atoms with Crippen LogP contribution in [-0.2, 0) is 17.3 Å². The van der Waals surface area contributed by atoms with Crippen molar-refractivity contribution in [3.8, 4) is 0 Å². The SMILES string of the molecule is CC(Nc1ccc(CN2CCCC2)cc1)c1ccc(S(C)=O)cc1. The van der Waals surface area contributed by atoms with E-state index in [4.69, 9.17) is 0 Å². The number of benzene rings is 2. The molecule has 24 heavy (non-hydrogen) atoms. The summed E-state index contributed by atoms with van der Waals surface area (Å²) < 4.78 is 11.5. The van der Waals surface area contributed by atoms with Gasteiger partial charge in [-0.05, 0) is 68.2 Å². The predicted octanol–water partition coefficient (Wildman–Crippen LogP) is 4.19. The molecular formula is C20H26N2OS. The molecule has 4 heteroatoms. The summed E-state index contributed by atoms with van der Waals surface area (Å²) in [4.78, 5) is 3.39. The minimum atomic E-state index is -0.918. The van der Waals surface area contributed by atoms with E-state index < -0.39 is 10.8 Å². The second-order valence-electron chi connectivity index (χ2n) is 6.57. The third kappa shape index (κ3) is 4.46. The van der Waals surface area contributed by atoms with Gasteiger partial charge in [0.15, 0.2) is 0 Å². The van der Waals surface area contributed by atoms with Crippen molar-refractivity contribution in [2.24, 2.45) is 0 Å². The van der Waals surface area contributed by atoms with E-state index in [1.54, 1.807) is 6.26 Å². The number of rotatable bonds is 6. The van der Waals surface area contributed by atoms with E-state index in [0.717, 1.165) is 17.1 Å². The van der Waals surface area contributed by atoms with Crippen LogP contribution in [0, 0.1) is 0 Å². The third-order valence-corrected chi connectivity index (χ3v) is 5.59. The van der Waals surface area contributed by atoms with Crippen molar-refractivity contribution in [1.82, 2.24) is 4.90 Å². The Balaban J connectivity index is 1.59. The summed E-state index contributed by atoms with van der Waals surface area (Å²) >= 11 is 0. The maximum absolute atomic E-state index is 11.5. The Morgan fingerprint density at radius 3 is 2.25 bits per heavy atom. The van der Waals surface area contributed by atoms with Gasteiger partial charge >= 0.3 is 0 Å². The molecule has 1 N–H and O–H groups in total. The Kier molecular flexibility index (Phi) is 5.69. The molecule has 2 atom stereocenters. The number of likely N-dealkylation sites (tertiary alicyclic amines) is 1. The highest BCUT2D eigenvalue weighted by atomic mass is 32.2. The summed E-state index contributed by atoms with van der Waals surface area (Å²) in [5, 5.41) is 3.54. The topological polar surface area (TPSA) is 32.3 Å². The van der Waals surface area contributed by atoms with Gasteiger partial charge in [-0.2, -0.15) is 0 Å². The van der Waals surface area contributed by atoms with Crippen molar-refractivity contribution in [2.45, 2.75) is 37.2 Å². The van der Waals surface area contributed by atoms with Gasteiger partial charge in [0.05, 0.1) is 0 Å². The normalized spacial score (nSPS) is 17.6. The van der Waals surface area contributed by atoms with E-state index in [2.05, 4.69) is 53.5 Å². The molecule has 1 aliphatic heterocycles. The molecule has 2 aromatic carbocycles. The highest BCUT2D eigenvalue weighted by molar-refractivity contribution is 7.84. The Bertz CT molecular complexity index is 676. The minimum Gasteiger partial charge on any atom is -0.379 e. The van der Waals surface area contributed by atoms with Crippen molar-refractivity contribution < 1.29 is 4.21 Å². The van der Waals surface area contributed by atoms with Crippen LogP contribution < -0.4 is 5.32 Å². The van der Waals surface area contributed by atoms with Crippen LogP contribution in [-0.4, -0.2) is 28.5 Å².